The summed E-state index contributed by atoms with van der Waals surface area (Å²) >= 11 is 0.981. The average molecular weight is 324 g/mol. The summed E-state index contributed by atoms with van der Waals surface area (Å²) in [5.74, 6) is -0.0244. The van der Waals surface area contributed by atoms with E-state index in [1.807, 2.05) is 0 Å². The van der Waals surface area contributed by atoms with Gasteiger partial charge in [-0.3, -0.25) is 0 Å². The first-order valence-corrected chi connectivity index (χ1v) is 8.10. The number of hydrogen-bond donors (Lipinski definition) is 3. The molecule has 0 fully saturated rings. The van der Waals surface area contributed by atoms with Gasteiger partial charge in [0.2, 0.25) is 10.0 Å². The monoisotopic (exact) mass is 324 g/mol. The number of nitrogens with two attached hydrogens (primary N) is 1. The first kappa shape index (κ1) is 17.1. The molecule has 8 nitrogen and oxygen atoms in total. The third-order valence-electron chi connectivity index (χ3n) is 2.53. The van der Waals surface area contributed by atoms with Gasteiger partial charge in [0.1, 0.15) is 5.00 Å². The van der Waals surface area contributed by atoms with E-state index >= 15 is 0 Å². The molecule has 0 aliphatic carbocycles. The third-order valence-corrected chi connectivity index (χ3v) is 5.37. The Labute approximate surface area is 122 Å². The molecule has 0 amide bonds. The Bertz CT molecular complexity index is 529. The Balaban J connectivity index is 2.79. The lowest BCUT2D eigenvalue weighted by molar-refractivity contribution is 0.0615. The molecule has 0 aliphatic rings. The van der Waals surface area contributed by atoms with E-state index in [1.165, 1.54) is 21.2 Å². The standard InChI is InChI=1S/C10H20N4O4S2/c1-14(2)20(16,17)8-9(11)13-19-10(8)12-5-4-7(15)6-18-3/h7,12,15H,4-6H2,1-3H3,(H2,11,13). The second-order valence-electron chi connectivity index (χ2n) is 4.34. The van der Waals surface area contributed by atoms with Gasteiger partial charge in [-0.25, -0.2) is 12.7 Å². The fraction of sp³-hybridized carbons (Fsp3) is 0.700. The largest absolute Gasteiger partial charge is 0.391 e. The number of aliphatic hydroxyl groups excluding tert-OH is 1. The fourth-order valence-corrected chi connectivity index (χ4v) is 3.57. The lowest BCUT2D eigenvalue weighted by Crippen LogP contribution is -2.24. The maximum Gasteiger partial charge on any atom is 0.249 e. The van der Waals surface area contributed by atoms with Crippen LogP contribution >= 0.6 is 11.5 Å². The van der Waals surface area contributed by atoms with Gasteiger partial charge in [0.05, 0.1) is 12.7 Å². The molecule has 1 aromatic rings. The molecule has 116 valence electrons. The summed E-state index contributed by atoms with van der Waals surface area (Å²) in [6.45, 7) is 0.622. The van der Waals surface area contributed by atoms with Gasteiger partial charge in [-0.15, -0.1) is 0 Å². The van der Waals surface area contributed by atoms with Crippen molar-refractivity contribution in [3.63, 3.8) is 0 Å². The molecule has 1 rings (SSSR count). The topological polar surface area (TPSA) is 118 Å². The number of nitrogens with zero attached hydrogens (tertiary/aromatic N) is 2. The molecular weight excluding hydrogens is 304 g/mol. The van der Waals surface area contributed by atoms with Crippen molar-refractivity contribution in [3.8, 4) is 0 Å². The number of aliphatic hydroxyl groups is 1. The quantitative estimate of drug-likeness (QED) is 0.605. The van der Waals surface area contributed by atoms with Gasteiger partial charge in [-0.2, -0.15) is 4.37 Å². The van der Waals surface area contributed by atoms with Crippen molar-refractivity contribution < 1.29 is 18.3 Å². The van der Waals surface area contributed by atoms with Gasteiger partial charge >= 0.3 is 0 Å². The molecule has 0 aromatic carbocycles. The van der Waals surface area contributed by atoms with E-state index in [1.54, 1.807) is 0 Å². The van der Waals surface area contributed by atoms with Crippen LogP contribution in [0.2, 0.25) is 0 Å². The first-order valence-electron chi connectivity index (χ1n) is 5.89. The summed E-state index contributed by atoms with van der Waals surface area (Å²) in [5.41, 5.74) is 5.63. The van der Waals surface area contributed by atoms with E-state index in [2.05, 4.69) is 9.69 Å². The van der Waals surface area contributed by atoms with Crippen LogP contribution in [0.15, 0.2) is 4.90 Å². The van der Waals surface area contributed by atoms with E-state index in [0.29, 0.717) is 18.0 Å². The van der Waals surface area contributed by atoms with E-state index in [0.717, 1.165) is 15.8 Å². The van der Waals surface area contributed by atoms with Crippen LogP contribution in [-0.2, 0) is 14.8 Å². The molecule has 10 heteroatoms. The number of rotatable bonds is 8. The molecule has 0 bridgehead atoms. The highest BCUT2D eigenvalue weighted by molar-refractivity contribution is 7.89. The molecule has 1 unspecified atom stereocenters. The average Bonchev–Trinajstić information content (AvgIpc) is 2.71. The fourth-order valence-electron chi connectivity index (χ4n) is 1.47. The molecular formula is C10H20N4O4S2. The number of ether oxygens (including phenoxy) is 1. The van der Waals surface area contributed by atoms with Gasteiger partial charge in [0, 0.05) is 27.7 Å². The van der Waals surface area contributed by atoms with Gasteiger partial charge in [0.25, 0.3) is 0 Å². The lowest BCUT2D eigenvalue weighted by atomic mass is 10.3. The van der Waals surface area contributed by atoms with Crippen LogP contribution in [0.5, 0.6) is 0 Å². The summed E-state index contributed by atoms with van der Waals surface area (Å²) in [6, 6.07) is 0. The number of aromatic nitrogens is 1. The number of sulfonamides is 1. The first-order chi connectivity index (χ1) is 9.30. The second kappa shape index (κ2) is 7.18. The molecule has 1 atom stereocenters. The highest BCUT2D eigenvalue weighted by Gasteiger charge is 2.27. The van der Waals surface area contributed by atoms with Gasteiger partial charge in [-0.1, -0.05) is 0 Å². The van der Waals surface area contributed by atoms with Gasteiger partial charge in [0.15, 0.2) is 10.7 Å². The molecule has 1 heterocycles. The zero-order chi connectivity index (χ0) is 15.3. The van der Waals surface area contributed by atoms with E-state index in [9.17, 15) is 13.5 Å². The Hall–Kier alpha value is -0.940. The zero-order valence-corrected chi connectivity index (χ0v) is 13.3. The molecule has 20 heavy (non-hydrogen) atoms. The summed E-state index contributed by atoms with van der Waals surface area (Å²) < 4.78 is 34.0. The van der Waals surface area contributed by atoms with Crippen LogP contribution in [0.3, 0.4) is 0 Å². The Kier molecular flexibility index (Phi) is 6.14. The molecule has 0 aliphatic heterocycles. The molecule has 0 spiro atoms. The molecule has 0 radical (unpaired) electrons. The van der Waals surface area contributed by atoms with Crippen LogP contribution in [0.1, 0.15) is 6.42 Å². The summed E-state index contributed by atoms with van der Waals surface area (Å²) in [7, 11) is 0.711. The predicted octanol–water partition coefficient (Wildman–Crippen LogP) is -0.215. The highest BCUT2D eigenvalue weighted by Crippen LogP contribution is 2.32. The van der Waals surface area contributed by atoms with Crippen molar-refractivity contribution in [2.75, 3.05) is 45.4 Å². The van der Waals surface area contributed by atoms with Crippen LogP contribution in [0, 0.1) is 0 Å². The van der Waals surface area contributed by atoms with Crippen molar-refractivity contribution in [2.24, 2.45) is 0 Å². The molecule has 1 aromatic heterocycles. The minimum absolute atomic E-state index is 0.0197. The van der Waals surface area contributed by atoms with Crippen molar-refractivity contribution in [2.45, 2.75) is 17.4 Å². The Morgan fingerprint density at radius 3 is 2.75 bits per heavy atom. The van der Waals surface area contributed by atoms with Crippen LogP contribution in [-0.4, -0.2) is 62.7 Å². The number of hydrogen-bond acceptors (Lipinski definition) is 8. The summed E-state index contributed by atoms with van der Waals surface area (Å²) in [5, 5.41) is 12.8. The zero-order valence-electron chi connectivity index (χ0n) is 11.7. The Morgan fingerprint density at radius 2 is 2.20 bits per heavy atom. The Morgan fingerprint density at radius 1 is 1.55 bits per heavy atom. The van der Waals surface area contributed by atoms with Gasteiger partial charge in [-0.05, 0) is 18.0 Å². The second-order valence-corrected chi connectivity index (χ2v) is 7.20. The molecule has 0 saturated heterocycles. The minimum atomic E-state index is -3.65. The van der Waals surface area contributed by atoms with Crippen LogP contribution in [0.4, 0.5) is 10.8 Å². The molecule has 4 N–H and O–H groups in total. The molecule has 0 saturated carbocycles. The third kappa shape index (κ3) is 4.03. The summed E-state index contributed by atoms with van der Waals surface area (Å²) in [4.78, 5) is -0.0197. The van der Waals surface area contributed by atoms with Crippen molar-refractivity contribution in [1.82, 2.24) is 8.68 Å². The summed E-state index contributed by atoms with van der Waals surface area (Å²) in [6.07, 6.45) is -0.181. The van der Waals surface area contributed by atoms with Crippen molar-refractivity contribution >= 4 is 32.4 Å². The highest BCUT2D eigenvalue weighted by atomic mass is 32.2. The maximum atomic E-state index is 12.1. The van der Waals surface area contributed by atoms with Crippen LogP contribution in [0.25, 0.3) is 0 Å². The van der Waals surface area contributed by atoms with E-state index < -0.39 is 16.1 Å². The SMILES string of the molecule is COCC(O)CCNc1snc(N)c1S(=O)(=O)N(C)C. The van der Waals surface area contributed by atoms with Gasteiger partial charge < -0.3 is 20.9 Å². The number of anilines is 2. The van der Waals surface area contributed by atoms with Crippen LogP contribution < -0.4 is 11.1 Å². The number of methoxy groups -OCH3 is 1. The van der Waals surface area contributed by atoms with Crippen molar-refractivity contribution in [1.29, 1.82) is 0 Å². The smallest absolute Gasteiger partial charge is 0.249 e. The number of nitrogen functional groups attached to an aromatic ring is 1. The lowest BCUT2D eigenvalue weighted by Gasteiger charge is -2.14. The van der Waals surface area contributed by atoms with E-state index in [4.69, 9.17) is 10.5 Å². The minimum Gasteiger partial charge on any atom is -0.391 e. The van der Waals surface area contributed by atoms with E-state index in [-0.39, 0.29) is 17.3 Å². The maximum absolute atomic E-state index is 12.1. The normalized spacial score (nSPS) is 13.7. The van der Waals surface area contributed by atoms with Crippen molar-refractivity contribution in [3.05, 3.63) is 0 Å². The number of nitrogens with one attached hydrogen (secondary N) is 1. The predicted molar refractivity (Wildman–Crippen MR) is 78.4 cm³/mol.